The van der Waals surface area contributed by atoms with Gasteiger partial charge in [0.1, 0.15) is 35.2 Å². The van der Waals surface area contributed by atoms with E-state index in [9.17, 15) is 17.2 Å². The molecule has 0 atom stereocenters. The third-order valence-corrected chi connectivity index (χ3v) is 7.48. The zero-order valence-corrected chi connectivity index (χ0v) is 18.6. The summed E-state index contributed by atoms with van der Waals surface area (Å²) >= 11 is 0. The highest BCUT2D eigenvalue weighted by Gasteiger charge is 2.26. The summed E-state index contributed by atoms with van der Waals surface area (Å²) in [6, 6.07) is 6.73. The van der Waals surface area contributed by atoms with E-state index < -0.39 is 38.1 Å². The number of hydrogen-bond acceptors (Lipinski definition) is 5. The van der Waals surface area contributed by atoms with Crippen LogP contribution in [0.3, 0.4) is 0 Å². The smallest absolute Gasteiger partial charge is 0.267 e. The highest BCUT2D eigenvalue weighted by Crippen LogP contribution is 2.39. The first-order valence-electron chi connectivity index (χ1n) is 10.6. The van der Waals surface area contributed by atoms with E-state index in [0.29, 0.717) is 22.2 Å². The van der Waals surface area contributed by atoms with Gasteiger partial charge in [-0.05, 0) is 42.7 Å². The molecule has 0 unspecified atom stereocenters. The Morgan fingerprint density at radius 3 is 2.38 bits per heavy atom. The first-order valence-corrected chi connectivity index (χ1v) is 12.1. The molecule has 1 aliphatic carbocycles. The normalized spacial score (nSPS) is 14.7. The number of nitrogens with one attached hydrogen (secondary N) is 1. The molecule has 0 spiro atoms. The Morgan fingerprint density at radius 1 is 1.00 bits per heavy atom. The molecule has 176 valence electrons. The van der Waals surface area contributed by atoms with Crippen LogP contribution in [-0.2, 0) is 10.0 Å². The Balaban J connectivity index is 1.55. The monoisotopic (exact) mass is 487 g/mol. The Kier molecular flexibility index (Phi) is 5.43. The van der Waals surface area contributed by atoms with Gasteiger partial charge in [0, 0.05) is 17.8 Å². The second-order valence-corrected chi connectivity index (χ2v) is 9.82. The molecule has 0 amide bonds. The molecule has 0 saturated heterocycles. The Bertz CT molecular complexity index is 1490. The molecule has 0 aliphatic heterocycles. The van der Waals surface area contributed by atoms with Crippen LogP contribution in [0.4, 0.5) is 24.7 Å². The van der Waals surface area contributed by atoms with E-state index in [4.69, 9.17) is 5.73 Å². The number of anilines is 2. The van der Waals surface area contributed by atoms with Gasteiger partial charge in [-0.1, -0.05) is 25.0 Å². The number of halogens is 3. The van der Waals surface area contributed by atoms with Crippen molar-refractivity contribution in [2.24, 2.45) is 0 Å². The predicted octanol–water partition coefficient (Wildman–Crippen LogP) is 5.01. The molecule has 1 fully saturated rings. The summed E-state index contributed by atoms with van der Waals surface area (Å²) in [5.41, 5.74) is 7.36. The van der Waals surface area contributed by atoms with Crippen molar-refractivity contribution >= 4 is 32.6 Å². The minimum Gasteiger partial charge on any atom is -0.383 e. The SMILES string of the molecule is Nc1ncnc2c1c(-c1ccc(NS(=O)(=O)c3c(F)cccc3F)c(F)c1)cn2C1CCCC1. The molecule has 1 saturated carbocycles. The number of aromatic nitrogens is 3. The van der Waals surface area contributed by atoms with Crippen molar-refractivity contribution in [2.45, 2.75) is 36.6 Å². The molecule has 0 radical (unpaired) electrons. The van der Waals surface area contributed by atoms with E-state index in [2.05, 4.69) is 9.97 Å². The molecular weight excluding hydrogens is 467 g/mol. The maximum atomic E-state index is 15.0. The molecule has 4 aromatic rings. The van der Waals surface area contributed by atoms with Crippen LogP contribution in [0, 0.1) is 17.5 Å². The van der Waals surface area contributed by atoms with Crippen molar-refractivity contribution in [1.82, 2.24) is 14.5 Å². The number of sulfonamides is 1. The second-order valence-electron chi connectivity index (χ2n) is 8.20. The van der Waals surface area contributed by atoms with Crippen molar-refractivity contribution in [2.75, 3.05) is 10.5 Å². The standard InChI is InChI=1S/C23H20F3N5O2S/c24-16-6-3-7-17(25)21(16)34(32,33)30-19-9-8-13(10-18(19)26)15-11-31(14-4-1-2-5-14)23-20(15)22(27)28-12-29-23/h3,6-12,14,30H,1-2,4-5H2,(H2,27,28,29). The van der Waals surface area contributed by atoms with Gasteiger partial charge >= 0.3 is 0 Å². The molecule has 3 N–H and O–H groups in total. The fourth-order valence-electron chi connectivity index (χ4n) is 4.49. The second kappa shape index (κ2) is 8.32. The molecule has 2 aromatic heterocycles. The highest BCUT2D eigenvalue weighted by atomic mass is 32.2. The highest BCUT2D eigenvalue weighted by molar-refractivity contribution is 7.92. The van der Waals surface area contributed by atoms with Gasteiger partial charge in [0.2, 0.25) is 0 Å². The first kappa shape index (κ1) is 22.2. The summed E-state index contributed by atoms with van der Waals surface area (Å²) in [5.74, 6) is -3.23. The van der Waals surface area contributed by atoms with Crippen molar-refractivity contribution in [1.29, 1.82) is 0 Å². The quantitative estimate of drug-likeness (QED) is 0.412. The molecule has 11 heteroatoms. The van der Waals surface area contributed by atoms with Gasteiger partial charge < -0.3 is 10.3 Å². The molecular formula is C23H20F3N5O2S. The van der Waals surface area contributed by atoms with Crippen LogP contribution in [-0.4, -0.2) is 23.0 Å². The zero-order valence-electron chi connectivity index (χ0n) is 17.8. The summed E-state index contributed by atoms with van der Waals surface area (Å²) in [6.45, 7) is 0. The van der Waals surface area contributed by atoms with Gasteiger partial charge in [-0.15, -0.1) is 0 Å². The molecule has 0 bridgehead atoms. The Hall–Kier alpha value is -3.60. The van der Waals surface area contributed by atoms with Crippen LogP contribution >= 0.6 is 0 Å². The largest absolute Gasteiger partial charge is 0.383 e. The third kappa shape index (κ3) is 3.75. The number of nitrogens with zero attached hydrogens (tertiary/aromatic N) is 3. The summed E-state index contributed by atoms with van der Waals surface area (Å²) in [4.78, 5) is 7.28. The van der Waals surface area contributed by atoms with Crippen LogP contribution < -0.4 is 10.5 Å². The van der Waals surface area contributed by atoms with E-state index in [1.54, 1.807) is 0 Å². The van der Waals surface area contributed by atoms with Crippen molar-refractivity contribution in [3.8, 4) is 11.1 Å². The predicted molar refractivity (Wildman–Crippen MR) is 122 cm³/mol. The minimum atomic E-state index is -4.71. The van der Waals surface area contributed by atoms with E-state index in [1.165, 1.54) is 18.5 Å². The van der Waals surface area contributed by atoms with Gasteiger partial charge in [0.15, 0.2) is 4.90 Å². The van der Waals surface area contributed by atoms with Crippen LogP contribution in [0.2, 0.25) is 0 Å². The number of fused-ring (bicyclic) bond motifs is 1. The average Bonchev–Trinajstić information content (AvgIpc) is 3.43. The van der Waals surface area contributed by atoms with E-state index in [-0.39, 0.29) is 11.9 Å². The molecule has 5 rings (SSSR count). The molecule has 1 aliphatic rings. The lowest BCUT2D eigenvalue weighted by Crippen LogP contribution is -2.17. The van der Waals surface area contributed by atoms with Crippen LogP contribution in [0.5, 0.6) is 0 Å². The van der Waals surface area contributed by atoms with E-state index in [1.807, 2.05) is 15.5 Å². The third-order valence-electron chi connectivity index (χ3n) is 6.07. The molecule has 2 heterocycles. The minimum absolute atomic E-state index is 0.247. The number of benzene rings is 2. The van der Waals surface area contributed by atoms with Gasteiger partial charge in [-0.2, -0.15) is 0 Å². The number of hydrogen-bond donors (Lipinski definition) is 2. The van der Waals surface area contributed by atoms with Gasteiger partial charge in [-0.3, -0.25) is 4.72 Å². The van der Waals surface area contributed by atoms with Gasteiger partial charge in [0.25, 0.3) is 10.0 Å². The fraction of sp³-hybridized carbons (Fsp3) is 0.217. The van der Waals surface area contributed by atoms with Crippen LogP contribution in [0.1, 0.15) is 31.7 Å². The summed E-state index contributed by atoms with van der Waals surface area (Å²) in [5, 5.41) is 0.579. The van der Waals surface area contributed by atoms with Crippen molar-refractivity contribution in [3.63, 3.8) is 0 Å². The Labute approximate surface area is 193 Å². The molecule has 34 heavy (non-hydrogen) atoms. The maximum Gasteiger partial charge on any atom is 0.267 e. The zero-order chi connectivity index (χ0) is 24.0. The van der Waals surface area contributed by atoms with Crippen molar-refractivity contribution in [3.05, 3.63) is 66.4 Å². The summed E-state index contributed by atoms with van der Waals surface area (Å²) in [6.07, 6.45) is 7.44. The topological polar surface area (TPSA) is 103 Å². The average molecular weight is 488 g/mol. The Morgan fingerprint density at radius 2 is 1.71 bits per heavy atom. The fourth-order valence-corrected chi connectivity index (χ4v) is 5.70. The lowest BCUT2D eigenvalue weighted by Gasteiger charge is -2.12. The number of nitrogens with two attached hydrogens (primary N) is 1. The molecule has 7 nitrogen and oxygen atoms in total. The number of rotatable bonds is 5. The first-order chi connectivity index (χ1) is 16.3. The van der Waals surface area contributed by atoms with Crippen LogP contribution in [0.15, 0.2) is 53.8 Å². The lowest BCUT2D eigenvalue weighted by atomic mass is 10.1. The number of nitrogen functional groups attached to an aromatic ring is 1. The van der Waals surface area contributed by atoms with E-state index >= 15 is 4.39 Å². The summed E-state index contributed by atoms with van der Waals surface area (Å²) < 4.78 is 72.0. The van der Waals surface area contributed by atoms with Gasteiger partial charge in [0.05, 0.1) is 11.1 Å². The molecule has 2 aromatic carbocycles. The van der Waals surface area contributed by atoms with Crippen molar-refractivity contribution < 1.29 is 21.6 Å². The summed E-state index contributed by atoms with van der Waals surface area (Å²) in [7, 11) is -4.71. The van der Waals surface area contributed by atoms with Crippen LogP contribution in [0.25, 0.3) is 22.2 Å². The van der Waals surface area contributed by atoms with Gasteiger partial charge in [-0.25, -0.2) is 31.6 Å². The van der Waals surface area contributed by atoms with E-state index in [0.717, 1.165) is 49.9 Å². The maximum absolute atomic E-state index is 15.0. The lowest BCUT2D eigenvalue weighted by molar-refractivity contribution is 0.521.